The molecule has 3 nitrogen and oxygen atoms in total. The Morgan fingerprint density at radius 3 is 2.82 bits per heavy atom. The number of aliphatic hydroxyl groups is 1. The molecule has 3 N–H and O–H groups in total. The van der Waals surface area contributed by atoms with Crippen molar-refractivity contribution in [3.05, 3.63) is 46.5 Å². The van der Waals surface area contributed by atoms with Crippen LogP contribution in [-0.2, 0) is 6.42 Å². The number of thiophene rings is 1. The van der Waals surface area contributed by atoms with Gasteiger partial charge in [0.25, 0.3) is 0 Å². The van der Waals surface area contributed by atoms with Gasteiger partial charge in [-0.25, -0.2) is 0 Å². The first-order chi connectivity index (χ1) is 8.31. The normalized spacial score (nSPS) is 14.7. The maximum absolute atomic E-state index is 10.2. The minimum Gasteiger partial charge on any atom is -0.469 e. The Morgan fingerprint density at radius 2 is 2.24 bits per heavy atom. The Morgan fingerprint density at radius 1 is 1.35 bits per heavy atom. The summed E-state index contributed by atoms with van der Waals surface area (Å²) in [7, 11) is 0. The van der Waals surface area contributed by atoms with Crippen molar-refractivity contribution in [2.45, 2.75) is 24.9 Å². The summed E-state index contributed by atoms with van der Waals surface area (Å²) in [5.74, 6) is 0.941. The molecule has 0 amide bonds. The summed E-state index contributed by atoms with van der Waals surface area (Å²) in [5, 5.41) is 12.2. The van der Waals surface area contributed by atoms with Gasteiger partial charge in [0.1, 0.15) is 5.76 Å². The summed E-state index contributed by atoms with van der Waals surface area (Å²) >= 11 is 1.64. The maximum Gasteiger partial charge on any atom is 0.103 e. The molecule has 0 radical (unpaired) electrons. The Balaban J connectivity index is 1.91. The van der Waals surface area contributed by atoms with Crippen LogP contribution in [0, 0.1) is 0 Å². The standard InChI is InChI=1S/C13H17NO2S/c14-9-11(13-4-2-8-17-13)12(15)6-5-10-3-1-7-16-10/h1-4,7-8,11-12,15H,5-6,9,14H2. The van der Waals surface area contributed by atoms with Crippen LogP contribution >= 0.6 is 11.3 Å². The summed E-state index contributed by atoms with van der Waals surface area (Å²) in [6.45, 7) is 0.472. The maximum atomic E-state index is 10.2. The molecular formula is C13H17NO2S. The molecule has 2 atom stereocenters. The van der Waals surface area contributed by atoms with E-state index in [4.69, 9.17) is 10.2 Å². The predicted octanol–water partition coefficient (Wildman–Crippen LogP) is 2.38. The van der Waals surface area contributed by atoms with E-state index in [9.17, 15) is 5.11 Å². The number of hydrogen-bond acceptors (Lipinski definition) is 4. The van der Waals surface area contributed by atoms with Gasteiger partial charge >= 0.3 is 0 Å². The topological polar surface area (TPSA) is 59.4 Å². The van der Waals surface area contributed by atoms with Crippen LogP contribution in [-0.4, -0.2) is 17.8 Å². The average Bonchev–Trinajstić information content (AvgIpc) is 3.00. The van der Waals surface area contributed by atoms with Crippen LogP contribution in [0.1, 0.15) is 23.0 Å². The molecule has 0 fully saturated rings. The number of aryl methyl sites for hydroxylation is 1. The van der Waals surface area contributed by atoms with Gasteiger partial charge in [0.05, 0.1) is 12.4 Å². The largest absolute Gasteiger partial charge is 0.469 e. The molecule has 2 unspecified atom stereocenters. The third kappa shape index (κ3) is 3.19. The summed E-state index contributed by atoms with van der Waals surface area (Å²) in [6, 6.07) is 7.80. The molecule has 0 aliphatic carbocycles. The molecule has 2 aromatic heterocycles. The monoisotopic (exact) mass is 251 g/mol. The highest BCUT2D eigenvalue weighted by molar-refractivity contribution is 7.10. The van der Waals surface area contributed by atoms with Gasteiger partial charge in [0, 0.05) is 23.8 Å². The van der Waals surface area contributed by atoms with Crippen LogP contribution in [0.5, 0.6) is 0 Å². The van der Waals surface area contributed by atoms with Gasteiger partial charge in [-0.3, -0.25) is 0 Å². The molecule has 17 heavy (non-hydrogen) atoms. The molecule has 2 aromatic rings. The third-order valence-electron chi connectivity index (χ3n) is 2.89. The molecule has 0 aliphatic heterocycles. The number of nitrogens with two attached hydrogens (primary N) is 1. The number of hydrogen-bond donors (Lipinski definition) is 2. The van der Waals surface area contributed by atoms with Gasteiger partial charge in [-0.2, -0.15) is 0 Å². The predicted molar refractivity (Wildman–Crippen MR) is 69.2 cm³/mol. The molecule has 0 bridgehead atoms. The molecule has 4 heteroatoms. The van der Waals surface area contributed by atoms with Crippen LogP contribution in [0.15, 0.2) is 40.3 Å². The zero-order valence-corrected chi connectivity index (χ0v) is 10.4. The van der Waals surface area contributed by atoms with Crippen LogP contribution < -0.4 is 5.73 Å². The van der Waals surface area contributed by atoms with Gasteiger partial charge in [0.2, 0.25) is 0 Å². The smallest absolute Gasteiger partial charge is 0.103 e. The molecule has 0 spiro atoms. The number of aliphatic hydroxyl groups excluding tert-OH is 1. The van der Waals surface area contributed by atoms with Gasteiger partial charge < -0.3 is 15.3 Å². The summed E-state index contributed by atoms with van der Waals surface area (Å²) in [4.78, 5) is 1.15. The fraction of sp³-hybridized carbons (Fsp3) is 0.385. The van der Waals surface area contributed by atoms with Crippen molar-refractivity contribution in [2.24, 2.45) is 5.73 Å². The molecule has 0 saturated carbocycles. The van der Waals surface area contributed by atoms with E-state index in [2.05, 4.69) is 0 Å². The molecule has 2 rings (SSSR count). The lowest BCUT2D eigenvalue weighted by Gasteiger charge is -2.19. The third-order valence-corrected chi connectivity index (χ3v) is 3.90. The van der Waals surface area contributed by atoms with E-state index in [-0.39, 0.29) is 5.92 Å². The highest BCUT2D eigenvalue weighted by Crippen LogP contribution is 2.25. The molecule has 0 saturated heterocycles. The van der Waals surface area contributed by atoms with Crippen molar-refractivity contribution in [2.75, 3.05) is 6.54 Å². The fourth-order valence-electron chi connectivity index (χ4n) is 1.91. The zero-order valence-electron chi connectivity index (χ0n) is 9.58. The Kier molecular flexibility index (Phi) is 4.36. The minimum absolute atomic E-state index is 0.0324. The van der Waals surface area contributed by atoms with Crippen molar-refractivity contribution in [1.82, 2.24) is 0 Å². The molecular weight excluding hydrogens is 234 g/mol. The van der Waals surface area contributed by atoms with E-state index in [1.165, 1.54) is 0 Å². The Labute approximate surface area is 105 Å². The van der Waals surface area contributed by atoms with Crippen molar-refractivity contribution in [3.8, 4) is 0 Å². The average molecular weight is 251 g/mol. The molecule has 92 valence electrons. The molecule has 0 aliphatic rings. The van der Waals surface area contributed by atoms with Crippen LogP contribution in [0.4, 0.5) is 0 Å². The molecule has 0 aromatic carbocycles. The van der Waals surface area contributed by atoms with E-state index in [1.54, 1.807) is 17.6 Å². The lowest BCUT2D eigenvalue weighted by Crippen LogP contribution is -2.25. The van der Waals surface area contributed by atoms with Gasteiger partial charge in [0.15, 0.2) is 0 Å². The Bertz CT molecular complexity index is 411. The lowest BCUT2D eigenvalue weighted by molar-refractivity contribution is 0.135. The summed E-state index contributed by atoms with van der Waals surface area (Å²) in [6.07, 6.45) is 2.66. The van der Waals surface area contributed by atoms with Crippen LogP contribution in [0.3, 0.4) is 0 Å². The second-order valence-electron chi connectivity index (χ2n) is 4.04. The van der Waals surface area contributed by atoms with Crippen LogP contribution in [0.25, 0.3) is 0 Å². The summed E-state index contributed by atoms with van der Waals surface area (Å²) < 4.78 is 5.25. The van der Waals surface area contributed by atoms with E-state index in [1.807, 2.05) is 29.6 Å². The second-order valence-corrected chi connectivity index (χ2v) is 5.02. The van der Waals surface area contributed by atoms with E-state index >= 15 is 0 Å². The van der Waals surface area contributed by atoms with Crippen LogP contribution in [0.2, 0.25) is 0 Å². The van der Waals surface area contributed by atoms with Gasteiger partial charge in [-0.1, -0.05) is 6.07 Å². The second kappa shape index (κ2) is 6.00. The first kappa shape index (κ1) is 12.4. The first-order valence-electron chi connectivity index (χ1n) is 5.75. The van der Waals surface area contributed by atoms with E-state index in [0.29, 0.717) is 13.0 Å². The number of rotatable bonds is 6. The highest BCUT2D eigenvalue weighted by Gasteiger charge is 2.20. The van der Waals surface area contributed by atoms with Crippen molar-refractivity contribution in [1.29, 1.82) is 0 Å². The lowest BCUT2D eigenvalue weighted by atomic mass is 9.96. The highest BCUT2D eigenvalue weighted by atomic mass is 32.1. The van der Waals surface area contributed by atoms with Crippen molar-refractivity contribution < 1.29 is 9.52 Å². The minimum atomic E-state index is -0.413. The Hall–Kier alpha value is -1.10. The van der Waals surface area contributed by atoms with Crippen molar-refractivity contribution >= 4 is 11.3 Å². The molecule has 2 heterocycles. The van der Waals surface area contributed by atoms with Gasteiger partial charge in [-0.05, 0) is 30.0 Å². The van der Waals surface area contributed by atoms with E-state index < -0.39 is 6.10 Å². The number of furan rings is 1. The van der Waals surface area contributed by atoms with Gasteiger partial charge in [-0.15, -0.1) is 11.3 Å². The quantitative estimate of drug-likeness (QED) is 0.828. The SMILES string of the molecule is NCC(c1cccs1)C(O)CCc1ccco1. The summed E-state index contributed by atoms with van der Waals surface area (Å²) in [5.41, 5.74) is 5.74. The van der Waals surface area contributed by atoms with Crippen molar-refractivity contribution in [3.63, 3.8) is 0 Å². The first-order valence-corrected chi connectivity index (χ1v) is 6.63. The zero-order chi connectivity index (χ0) is 12.1. The van der Waals surface area contributed by atoms with E-state index in [0.717, 1.165) is 17.1 Å². The fourth-order valence-corrected chi connectivity index (χ4v) is 2.81.